The van der Waals surface area contributed by atoms with E-state index < -0.39 is 0 Å². The van der Waals surface area contributed by atoms with Gasteiger partial charge in [-0.2, -0.15) is 0 Å². The van der Waals surface area contributed by atoms with Crippen molar-refractivity contribution in [3.05, 3.63) is 23.9 Å². The van der Waals surface area contributed by atoms with Crippen molar-refractivity contribution in [1.29, 1.82) is 0 Å². The Balaban J connectivity index is 1.96. The number of rotatable bonds is 10. The SMILES string of the molecule is COCCN(c1ccc(CNC2CC2)cn1)C(C)COC. The average Bonchev–Trinajstić information content (AvgIpc) is 3.31. The lowest BCUT2D eigenvalue weighted by molar-refractivity contribution is 0.170. The van der Waals surface area contributed by atoms with E-state index in [0.29, 0.717) is 13.2 Å². The van der Waals surface area contributed by atoms with Crippen LogP contribution in [0.15, 0.2) is 18.3 Å². The summed E-state index contributed by atoms with van der Waals surface area (Å²) in [6, 6.07) is 5.24. The second kappa shape index (κ2) is 8.32. The summed E-state index contributed by atoms with van der Waals surface area (Å²) in [6.07, 6.45) is 4.58. The van der Waals surface area contributed by atoms with Crippen LogP contribution in [0.5, 0.6) is 0 Å². The topological polar surface area (TPSA) is 46.6 Å². The molecule has 1 atom stereocenters. The van der Waals surface area contributed by atoms with Crippen LogP contribution in [0.1, 0.15) is 25.3 Å². The van der Waals surface area contributed by atoms with E-state index in [1.54, 1.807) is 14.2 Å². The molecule has 0 amide bonds. The molecule has 1 saturated carbocycles. The molecule has 0 spiro atoms. The maximum atomic E-state index is 5.26. The molecule has 0 bridgehead atoms. The zero-order valence-corrected chi connectivity index (χ0v) is 13.3. The van der Waals surface area contributed by atoms with E-state index in [2.05, 4.69) is 34.3 Å². The van der Waals surface area contributed by atoms with Crippen LogP contribution in [0.25, 0.3) is 0 Å². The summed E-state index contributed by atoms with van der Waals surface area (Å²) in [6.45, 7) is 5.22. The average molecular weight is 293 g/mol. The zero-order chi connectivity index (χ0) is 15.1. The Kier molecular flexibility index (Phi) is 6.42. The Labute approximate surface area is 127 Å². The quantitative estimate of drug-likeness (QED) is 0.713. The number of pyridine rings is 1. The number of aromatic nitrogens is 1. The van der Waals surface area contributed by atoms with Crippen LogP contribution in [0, 0.1) is 0 Å². The summed E-state index contributed by atoms with van der Waals surface area (Å²) in [5, 5.41) is 3.51. The summed E-state index contributed by atoms with van der Waals surface area (Å²) in [5.41, 5.74) is 1.23. The van der Waals surface area contributed by atoms with Gasteiger partial charge in [-0.05, 0) is 31.4 Å². The Morgan fingerprint density at radius 3 is 2.71 bits per heavy atom. The second-order valence-electron chi connectivity index (χ2n) is 5.67. The third kappa shape index (κ3) is 5.26. The van der Waals surface area contributed by atoms with Gasteiger partial charge in [-0.3, -0.25) is 0 Å². The molecule has 21 heavy (non-hydrogen) atoms. The molecule has 1 aliphatic rings. The van der Waals surface area contributed by atoms with Gasteiger partial charge in [-0.25, -0.2) is 4.98 Å². The number of hydrogen-bond donors (Lipinski definition) is 1. The summed E-state index contributed by atoms with van der Waals surface area (Å²) < 4.78 is 10.5. The van der Waals surface area contributed by atoms with Gasteiger partial charge in [0.1, 0.15) is 5.82 Å². The van der Waals surface area contributed by atoms with E-state index in [9.17, 15) is 0 Å². The molecule has 1 heterocycles. The lowest BCUT2D eigenvalue weighted by atomic mass is 10.2. The van der Waals surface area contributed by atoms with Crippen LogP contribution in [0.3, 0.4) is 0 Å². The number of ether oxygens (including phenoxy) is 2. The summed E-state index contributed by atoms with van der Waals surface area (Å²) in [7, 11) is 3.45. The fourth-order valence-electron chi connectivity index (χ4n) is 2.32. The fourth-order valence-corrected chi connectivity index (χ4v) is 2.32. The zero-order valence-electron chi connectivity index (χ0n) is 13.3. The number of hydrogen-bond acceptors (Lipinski definition) is 5. The highest BCUT2D eigenvalue weighted by Gasteiger charge is 2.20. The predicted molar refractivity (Wildman–Crippen MR) is 84.7 cm³/mol. The molecule has 2 rings (SSSR count). The van der Waals surface area contributed by atoms with Gasteiger partial charge in [0, 0.05) is 39.5 Å². The molecule has 1 N–H and O–H groups in total. The molecule has 5 nitrogen and oxygen atoms in total. The highest BCUT2D eigenvalue weighted by Crippen LogP contribution is 2.20. The minimum atomic E-state index is 0.271. The van der Waals surface area contributed by atoms with Crippen LogP contribution in [0.4, 0.5) is 5.82 Å². The smallest absolute Gasteiger partial charge is 0.128 e. The van der Waals surface area contributed by atoms with Crippen molar-refractivity contribution in [1.82, 2.24) is 10.3 Å². The first kappa shape index (κ1) is 16.2. The lowest BCUT2D eigenvalue weighted by Gasteiger charge is -2.29. The van der Waals surface area contributed by atoms with Gasteiger partial charge in [-0.1, -0.05) is 6.07 Å². The molecule has 1 unspecified atom stereocenters. The minimum absolute atomic E-state index is 0.271. The molecule has 1 fully saturated rings. The molecule has 0 saturated heterocycles. The molecule has 1 aromatic rings. The monoisotopic (exact) mass is 293 g/mol. The molecule has 118 valence electrons. The molecule has 0 aromatic carbocycles. The van der Waals surface area contributed by atoms with Gasteiger partial charge < -0.3 is 19.7 Å². The van der Waals surface area contributed by atoms with Gasteiger partial charge in [0.15, 0.2) is 0 Å². The van der Waals surface area contributed by atoms with Gasteiger partial charge in [0.2, 0.25) is 0 Å². The van der Waals surface area contributed by atoms with Gasteiger partial charge in [-0.15, -0.1) is 0 Å². The molecular weight excluding hydrogens is 266 g/mol. The molecule has 5 heteroatoms. The van der Waals surface area contributed by atoms with Gasteiger partial charge in [0.05, 0.1) is 19.3 Å². The maximum Gasteiger partial charge on any atom is 0.128 e. The van der Waals surface area contributed by atoms with E-state index in [-0.39, 0.29) is 6.04 Å². The Hall–Kier alpha value is -1.17. The largest absolute Gasteiger partial charge is 0.383 e. The van der Waals surface area contributed by atoms with Crippen molar-refractivity contribution in [2.45, 2.75) is 38.4 Å². The van der Waals surface area contributed by atoms with Crippen LogP contribution in [-0.2, 0) is 16.0 Å². The van der Waals surface area contributed by atoms with Crippen molar-refractivity contribution in [3.8, 4) is 0 Å². The number of anilines is 1. The first-order valence-electron chi connectivity index (χ1n) is 7.67. The molecule has 1 aromatic heterocycles. The highest BCUT2D eigenvalue weighted by atomic mass is 16.5. The lowest BCUT2D eigenvalue weighted by Crippen LogP contribution is -2.39. The predicted octanol–water partition coefficient (Wildman–Crippen LogP) is 1.82. The molecule has 1 aliphatic carbocycles. The molecule has 0 radical (unpaired) electrons. The van der Waals surface area contributed by atoms with E-state index in [4.69, 9.17) is 9.47 Å². The number of nitrogens with one attached hydrogen (secondary N) is 1. The van der Waals surface area contributed by atoms with Crippen molar-refractivity contribution in [3.63, 3.8) is 0 Å². The van der Waals surface area contributed by atoms with Crippen molar-refractivity contribution in [2.75, 3.05) is 38.9 Å². The van der Waals surface area contributed by atoms with Gasteiger partial charge in [0.25, 0.3) is 0 Å². The summed E-state index contributed by atoms with van der Waals surface area (Å²) in [4.78, 5) is 6.84. The molecular formula is C16H27N3O2. The normalized spacial score (nSPS) is 16.0. The maximum absolute atomic E-state index is 5.26. The van der Waals surface area contributed by atoms with Crippen LogP contribution in [0.2, 0.25) is 0 Å². The van der Waals surface area contributed by atoms with Crippen molar-refractivity contribution < 1.29 is 9.47 Å². The summed E-state index contributed by atoms with van der Waals surface area (Å²) in [5.74, 6) is 0.978. The van der Waals surface area contributed by atoms with E-state index in [0.717, 1.165) is 24.9 Å². The number of methoxy groups -OCH3 is 2. The second-order valence-corrected chi connectivity index (χ2v) is 5.67. The van der Waals surface area contributed by atoms with E-state index >= 15 is 0 Å². The van der Waals surface area contributed by atoms with Crippen LogP contribution in [-0.4, -0.2) is 51.0 Å². The Morgan fingerprint density at radius 2 is 2.14 bits per heavy atom. The highest BCUT2D eigenvalue weighted by molar-refractivity contribution is 5.40. The van der Waals surface area contributed by atoms with E-state index in [1.807, 2.05) is 6.20 Å². The first-order valence-corrected chi connectivity index (χ1v) is 7.67. The fraction of sp³-hybridized carbons (Fsp3) is 0.688. The minimum Gasteiger partial charge on any atom is -0.383 e. The van der Waals surface area contributed by atoms with Crippen molar-refractivity contribution in [2.24, 2.45) is 0 Å². The standard InChI is InChI=1S/C16H27N3O2/c1-13(12-21-3)19(8-9-20-2)16-7-4-14(11-18-16)10-17-15-5-6-15/h4,7,11,13,15,17H,5-6,8-10,12H2,1-3H3. The Morgan fingerprint density at radius 1 is 1.33 bits per heavy atom. The third-order valence-corrected chi connectivity index (χ3v) is 3.75. The first-order chi connectivity index (χ1) is 10.2. The van der Waals surface area contributed by atoms with Crippen LogP contribution >= 0.6 is 0 Å². The summed E-state index contributed by atoms with van der Waals surface area (Å²) >= 11 is 0. The Bertz CT molecular complexity index is 406. The molecule has 0 aliphatic heterocycles. The van der Waals surface area contributed by atoms with Crippen molar-refractivity contribution >= 4 is 5.82 Å². The van der Waals surface area contributed by atoms with Crippen LogP contribution < -0.4 is 10.2 Å². The van der Waals surface area contributed by atoms with E-state index in [1.165, 1.54) is 18.4 Å². The van der Waals surface area contributed by atoms with Gasteiger partial charge >= 0.3 is 0 Å². The number of nitrogens with zero attached hydrogens (tertiary/aromatic N) is 2. The third-order valence-electron chi connectivity index (χ3n) is 3.75.